The summed E-state index contributed by atoms with van der Waals surface area (Å²) in [6.45, 7) is 1.95. The van der Waals surface area contributed by atoms with Crippen molar-refractivity contribution in [2.75, 3.05) is 18.4 Å². The van der Waals surface area contributed by atoms with Crippen LogP contribution in [-0.4, -0.2) is 55.4 Å². The van der Waals surface area contributed by atoms with E-state index in [1.54, 1.807) is 18.5 Å². The molecule has 5 aromatic rings. The Morgan fingerprint density at radius 2 is 1.67 bits per heavy atom. The molecule has 2 fully saturated rings. The largest absolute Gasteiger partial charge is 0.457 e. The van der Waals surface area contributed by atoms with Crippen LogP contribution in [-0.2, 0) is 11.3 Å². The van der Waals surface area contributed by atoms with Crippen molar-refractivity contribution in [1.82, 2.24) is 29.7 Å². The van der Waals surface area contributed by atoms with Gasteiger partial charge in [0.2, 0.25) is 5.91 Å². The Balaban J connectivity index is 1.18. The predicted octanol–water partition coefficient (Wildman–Crippen LogP) is 5.54. The number of anilines is 2. The number of carbonyl (C=O) groups is 2. The monoisotopic (exact) mass is 573 g/mol. The summed E-state index contributed by atoms with van der Waals surface area (Å²) in [4.78, 5) is 41.0. The highest BCUT2D eigenvalue weighted by molar-refractivity contribution is 5.95. The van der Waals surface area contributed by atoms with E-state index in [0.717, 1.165) is 48.6 Å². The summed E-state index contributed by atoms with van der Waals surface area (Å²) in [6, 6.07) is 24.9. The highest BCUT2D eigenvalue weighted by Crippen LogP contribution is 2.29. The second-order valence-corrected chi connectivity index (χ2v) is 10.9. The van der Waals surface area contributed by atoms with Gasteiger partial charge in [-0.25, -0.2) is 15.0 Å². The van der Waals surface area contributed by atoms with Gasteiger partial charge in [0.15, 0.2) is 22.8 Å². The first kappa shape index (κ1) is 26.6. The van der Waals surface area contributed by atoms with Crippen molar-refractivity contribution in [1.29, 1.82) is 0 Å². The molecule has 0 radical (unpaired) electrons. The van der Waals surface area contributed by atoms with Gasteiger partial charge in [0, 0.05) is 48.9 Å². The van der Waals surface area contributed by atoms with Crippen LogP contribution in [0.3, 0.4) is 0 Å². The van der Waals surface area contributed by atoms with E-state index in [4.69, 9.17) is 14.7 Å². The fourth-order valence-corrected chi connectivity index (χ4v) is 5.13. The molecule has 0 bridgehead atoms. The number of fused-ring (bicyclic) bond motifs is 1. The summed E-state index contributed by atoms with van der Waals surface area (Å²) < 4.78 is 7.90. The summed E-state index contributed by atoms with van der Waals surface area (Å²) in [5, 5.41) is 6.44. The van der Waals surface area contributed by atoms with Crippen molar-refractivity contribution in [2.45, 2.75) is 38.3 Å². The normalized spacial score (nSPS) is 14.7. The van der Waals surface area contributed by atoms with E-state index in [-0.39, 0.29) is 11.8 Å². The SMILES string of the molecule is O=C(NC1CC1)c1ccc(-c2nc(Nc3ccc(Oc4ccccc4)cc3)c3ncn(CCN4CCCC4=O)c3n2)cc1. The lowest BCUT2D eigenvalue weighted by molar-refractivity contribution is -0.127. The maximum absolute atomic E-state index is 12.5. The number of rotatable bonds is 10. The number of benzene rings is 3. The van der Waals surface area contributed by atoms with Gasteiger partial charge >= 0.3 is 0 Å². The molecule has 0 unspecified atom stereocenters. The molecule has 216 valence electrons. The van der Waals surface area contributed by atoms with Crippen LogP contribution in [0.25, 0.3) is 22.6 Å². The Morgan fingerprint density at radius 1 is 0.907 bits per heavy atom. The number of nitrogens with one attached hydrogen (secondary N) is 2. The smallest absolute Gasteiger partial charge is 0.251 e. The molecule has 1 aliphatic heterocycles. The van der Waals surface area contributed by atoms with Crippen molar-refractivity contribution in [2.24, 2.45) is 0 Å². The molecule has 7 rings (SSSR count). The lowest BCUT2D eigenvalue weighted by atomic mass is 10.1. The molecule has 1 aliphatic carbocycles. The zero-order valence-corrected chi connectivity index (χ0v) is 23.6. The van der Waals surface area contributed by atoms with Crippen molar-refractivity contribution in [3.8, 4) is 22.9 Å². The van der Waals surface area contributed by atoms with E-state index in [9.17, 15) is 9.59 Å². The lowest BCUT2D eigenvalue weighted by Gasteiger charge is -2.16. The second kappa shape index (κ2) is 11.6. The van der Waals surface area contributed by atoms with E-state index in [2.05, 4.69) is 15.6 Å². The Labute approximate surface area is 248 Å². The molecular formula is C33H31N7O3. The molecule has 0 atom stereocenters. The molecule has 2 amide bonds. The quantitative estimate of drug-likeness (QED) is 0.225. The Hall–Kier alpha value is -5.25. The van der Waals surface area contributed by atoms with Crippen LogP contribution in [0, 0.1) is 0 Å². The third-order valence-electron chi connectivity index (χ3n) is 7.66. The van der Waals surface area contributed by atoms with Crippen molar-refractivity contribution >= 4 is 34.5 Å². The molecule has 3 aromatic carbocycles. The van der Waals surface area contributed by atoms with Crippen LogP contribution in [0.2, 0.25) is 0 Å². The van der Waals surface area contributed by atoms with Crippen LogP contribution in [0.5, 0.6) is 11.5 Å². The molecular weight excluding hydrogens is 542 g/mol. The zero-order valence-electron chi connectivity index (χ0n) is 23.6. The van der Waals surface area contributed by atoms with E-state index in [0.29, 0.717) is 53.9 Å². The molecule has 2 N–H and O–H groups in total. The van der Waals surface area contributed by atoms with Crippen LogP contribution in [0.15, 0.2) is 85.2 Å². The molecule has 0 spiro atoms. The van der Waals surface area contributed by atoms with Gasteiger partial charge in [-0.3, -0.25) is 9.59 Å². The topological polar surface area (TPSA) is 114 Å². The molecule has 1 saturated heterocycles. The highest BCUT2D eigenvalue weighted by atomic mass is 16.5. The van der Waals surface area contributed by atoms with Gasteiger partial charge in [0.05, 0.1) is 6.33 Å². The number of nitrogens with zero attached hydrogens (tertiary/aromatic N) is 5. The van der Waals surface area contributed by atoms with Gasteiger partial charge in [-0.15, -0.1) is 0 Å². The molecule has 10 heteroatoms. The predicted molar refractivity (Wildman–Crippen MR) is 163 cm³/mol. The van der Waals surface area contributed by atoms with Crippen LogP contribution < -0.4 is 15.4 Å². The Kier molecular flexibility index (Phi) is 7.16. The third kappa shape index (κ3) is 6.04. The van der Waals surface area contributed by atoms with Gasteiger partial charge in [-0.1, -0.05) is 30.3 Å². The minimum Gasteiger partial charge on any atom is -0.457 e. The summed E-state index contributed by atoms with van der Waals surface area (Å²) in [6.07, 6.45) is 5.32. The average Bonchev–Trinajstić information content (AvgIpc) is 3.61. The van der Waals surface area contributed by atoms with Gasteiger partial charge in [0.1, 0.15) is 11.5 Å². The number of imidazole rings is 1. The number of amides is 2. The fraction of sp³-hybridized carbons (Fsp3) is 0.242. The summed E-state index contributed by atoms with van der Waals surface area (Å²) in [7, 11) is 0. The first-order valence-electron chi connectivity index (χ1n) is 14.6. The van der Waals surface area contributed by atoms with E-state index in [1.807, 2.05) is 76.2 Å². The van der Waals surface area contributed by atoms with Crippen molar-refractivity contribution in [3.05, 3.63) is 90.8 Å². The summed E-state index contributed by atoms with van der Waals surface area (Å²) in [5.74, 6) is 2.67. The van der Waals surface area contributed by atoms with E-state index in [1.165, 1.54) is 0 Å². The first-order valence-corrected chi connectivity index (χ1v) is 14.6. The minimum atomic E-state index is -0.0676. The molecule has 43 heavy (non-hydrogen) atoms. The van der Waals surface area contributed by atoms with Gasteiger partial charge < -0.3 is 24.8 Å². The molecule has 2 aliphatic rings. The standard InChI is InChI=1S/C33H31N7O3/c41-28-7-4-18-39(28)19-20-40-21-34-29-31(35-24-14-16-27(17-15-24)43-26-5-2-1-3-6-26)37-30(38-32(29)40)22-8-10-23(11-9-22)33(42)36-25-12-13-25/h1-3,5-6,8-11,14-17,21,25H,4,7,12-13,18-20H2,(H,36,42)(H,35,37,38). The van der Waals surface area contributed by atoms with Crippen LogP contribution >= 0.6 is 0 Å². The maximum Gasteiger partial charge on any atom is 0.251 e. The number of ether oxygens (including phenoxy) is 1. The Bertz CT molecular complexity index is 1760. The van der Waals surface area contributed by atoms with Gasteiger partial charge in [-0.2, -0.15) is 0 Å². The molecule has 3 heterocycles. The number of hydrogen-bond donors (Lipinski definition) is 2. The van der Waals surface area contributed by atoms with Crippen LogP contribution in [0.1, 0.15) is 36.0 Å². The molecule has 2 aromatic heterocycles. The Morgan fingerprint density at radius 3 is 2.40 bits per heavy atom. The lowest BCUT2D eigenvalue weighted by Crippen LogP contribution is -2.28. The third-order valence-corrected chi connectivity index (χ3v) is 7.66. The minimum absolute atomic E-state index is 0.0676. The summed E-state index contributed by atoms with van der Waals surface area (Å²) >= 11 is 0. The molecule has 1 saturated carbocycles. The second-order valence-electron chi connectivity index (χ2n) is 10.9. The van der Waals surface area contributed by atoms with Gasteiger partial charge in [-0.05, 0) is 67.8 Å². The highest BCUT2D eigenvalue weighted by Gasteiger charge is 2.24. The maximum atomic E-state index is 12.5. The zero-order chi connectivity index (χ0) is 29.2. The van der Waals surface area contributed by atoms with Gasteiger partial charge in [0.25, 0.3) is 5.91 Å². The fourth-order valence-electron chi connectivity index (χ4n) is 5.13. The molecule has 10 nitrogen and oxygen atoms in total. The van der Waals surface area contributed by atoms with Crippen molar-refractivity contribution < 1.29 is 14.3 Å². The number of carbonyl (C=O) groups excluding carboxylic acids is 2. The number of likely N-dealkylation sites (tertiary alicyclic amines) is 1. The number of para-hydroxylation sites is 1. The first-order chi connectivity index (χ1) is 21.1. The number of hydrogen-bond acceptors (Lipinski definition) is 7. The van der Waals surface area contributed by atoms with E-state index < -0.39 is 0 Å². The average molecular weight is 574 g/mol. The van der Waals surface area contributed by atoms with Crippen molar-refractivity contribution in [3.63, 3.8) is 0 Å². The van der Waals surface area contributed by atoms with Crippen LogP contribution in [0.4, 0.5) is 11.5 Å². The van der Waals surface area contributed by atoms with E-state index >= 15 is 0 Å². The number of aromatic nitrogens is 4. The summed E-state index contributed by atoms with van der Waals surface area (Å²) in [5.41, 5.74) is 3.49.